The van der Waals surface area contributed by atoms with Gasteiger partial charge in [-0.2, -0.15) is 0 Å². The Morgan fingerprint density at radius 2 is 2.05 bits per heavy atom. The summed E-state index contributed by atoms with van der Waals surface area (Å²) in [5.74, 6) is -0.0170. The minimum Gasteiger partial charge on any atom is -0.355 e. The minimum absolute atomic E-state index is 0.00620. The highest BCUT2D eigenvalue weighted by atomic mass is 16.2. The number of fused-ring (bicyclic) bond motifs is 1. The van der Waals surface area contributed by atoms with E-state index >= 15 is 0 Å². The Balaban J connectivity index is 2.14. The van der Waals surface area contributed by atoms with Gasteiger partial charge in [-0.05, 0) is 25.5 Å². The molecular formula is C17H22N2O2. The molecule has 1 N–H and O–H groups in total. The van der Waals surface area contributed by atoms with Gasteiger partial charge in [0.15, 0.2) is 5.43 Å². The van der Waals surface area contributed by atoms with E-state index in [4.69, 9.17) is 0 Å². The monoisotopic (exact) mass is 286 g/mol. The molecule has 0 unspecified atom stereocenters. The fraction of sp³-hybridized carbons (Fsp3) is 0.412. The van der Waals surface area contributed by atoms with Crippen molar-refractivity contribution >= 4 is 16.8 Å². The van der Waals surface area contributed by atoms with Crippen LogP contribution in [0.4, 0.5) is 0 Å². The van der Waals surface area contributed by atoms with Crippen molar-refractivity contribution in [1.82, 2.24) is 9.88 Å². The smallest absolute Gasteiger partial charge is 0.239 e. The average Bonchev–Trinajstić information content (AvgIpc) is 2.47. The van der Waals surface area contributed by atoms with Gasteiger partial charge in [-0.25, -0.2) is 0 Å². The van der Waals surface area contributed by atoms with Crippen molar-refractivity contribution in [1.29, 1.82) is 0 Å². The Kier molecular flexibility index (Phi) is 5.14. The molecule has 2 rings (SSSR count). The molecule has 0 atom stereocenters. The molecular weight excluding hydrogens is 264 g/mol. The quantitative estimate of drug-likeness (QED) is 0.830. The Morgan fingerprint density at radius 1 is 1.24 bits per heavy atom. The van der Waals surface area contributed by atoms with Gasteiger partial charge in [-0.15, -0.1) is 0 Å². The SMILES string of the molecule is CCCCCNC(=O)Cn1ccc(=O)c2cc(C)ccc21. The number of nitrogens with zero attached hydrogens (tertiary/aromatic N) is 1. The molecule has 4 heteroatoms. The standard InChI is InChI=1S/C17H22N2O2/c1-3-4-5-9-18-17(21)12-19-10-8-16(20)14-11-13(2)6-7-15(14)19/h6-8,10-11H,3-5,9,12H2,1-2H3,(H,18,21). The molecule has 2 aromatic rings. The van der Waals surface area contributed by atoms with Crippen molar-refractivity contribution in [2.75, 3.05) is 6.54 Å². The second-order valence-corrected chi connectivity index (χ2v) is 5.39. The molecule has 0 saturated carbocycles. The Labute approximate surface area is 124 Å². The molecule has 112 valence electrons. The van der Waals surface area contributed by atoms with Gasteiger partial charge in [0.05, 0.1) is 5.52 Å². The highest BCUT2D eigenvalue weighted by Crippen LogP contribution is 2.12. The molecule has 0 aliphatic rings. The van der Waals surface area contributed by atoms with Crippen molar-refractivity contribution in [3.8, 4) is 0 Å². The van der Waals surface area contributed by atoms with Gasteiger partial charge in [0.1, 0.15) is 6.54 Å². The number of pyridine rings is 1. The second kappa shape index (κ2) is 7.07. The molecule has 0 radical (unpaired) electrons. The lowest BCUT2D eigenvalue weighted by Gasteiger charge is -2.11. The lowest BCUT2D eigenvalue weighted by molar-refractivity contribution is -0.121. The van der Waals surface area contributed by atoms with Gasteiger partial charge in [0.25, 0.3) is 0 Å². The Bertz CT molecular complexity index is 689. The van der Waals surface area contributed by atoms with Crippen LogP contribution < -0.4 is 10.7 Å². The van der Waals surface area contributed by atoms with Crippen LogP contribution in [0.15, 0.2) is 35.3 Å². The van der Waals surface area contributed by atoms with E-state index in [1.54, 1.807) is 6.20 Å². The molecule has 4 nitrogen and oxygen atoms in total. The van der Waals surface area contributed by atoms with E-state index in [1.807, 2.05) is 29.7 Å². The minimum atomic E-state index is -0.0170. The molecule has 1 heterocycles. The largest absolute Gasteiger partial charge is 0.355 e. The maximum atomic E-state index is 12.0. The first-order valence-electron chi connectivity index (χ1n) is 7.48. The summed E-state index contributed by atoms with van der Waals surface area (Å²) in [5, 5.41) is 3.58. The van der Waals surface area contributed by atoms with Gasteiger partial charge in [0, 0.05) is 24.2 Å². The summed E-state index contributed by atoms with van der Waals surface area (Å²) < 4.78 is 1.82. The molecule has 1 amide bonds. The summed E-state index contributed by atoms with van der Waals surface area (Å²) in [4.78, 5) is 23.9. The third-order valence-corrected chi connectivity index (χ3v) is 3.55. The van der Waals surface area contributed by atoms with Crippen LogP contribution in [0.25, 0.3) is 10.9 Å². The first-order chi connectivity index (χ1) is 10.1. The number of aryl methyl sites for hydroxylation is 1. The normalized spacial score (nSPS) is 10.8. The zero-order chi connectivity index (χ0) is 15.2. The molecule has 0 saturated heterocycles. The molecule has 1 aromatic heterocycles. The van der Waals surface area contributed by atoms with Gasteiger partial charge >= 0.3 is 0 Å². The van der Waals surface area contributed by atoms with E-state index in [1.165, 1.54) is 6.07 Å². The third kappa shape index (κ3) is 3.94. The van der Waals surface area contributed by atoms with Crippen LogP contribution in [0, 0.1) is 6.92 Å². The van der Waals surface area contributed by atoms with Crippen LogP contribution in [0.1, 0.15) is 31.7 Å². The fourth-order valence-electron chi connectivity index (χ4n) is 2.38. The number of hydrogen-bond acceptors (Lipinski definition) is 2. The zero-order valence-corrected chi connectivity index (χ0v) is 12.7. The zero-order valence-electron chi connectivity index (χ0n) is 12.7. The molecule has 0 bridgehead atoms. The number of benzene rings is 1. The molecule has 1 aromatic carbocycles. The highest BCUT2D eigenvalue weighted by molar-refractivity contribution is 5.82. The van der Waals surface area contributed by atoms with Crippen molar-refractivity contribution in [3.63, 3.8) is 0 Å². The van der Waals surface area contributed by atoms with E-state index < -0.39 is 0 Å². The van der Waals surface area contributed by atoms with Gasteiger partial charge in [-0.3, -0.25) is 9.59 Å². The number of hydrogen-bond donors (Lipinski definition) is 1. The van der Waals surface area contributed by atoms with Gasteiger partial charge in [0.2, 0.25) is 5.91 Å². The van der Waals surface area contributed by atoms with E-state index in [2.05, 4.69) is 12.2 Å². The number of aromatic nitrogens is 1. The van der Waals surface area contributed by atoms with Crippen LogP contribution in [-0.2, 0) is 11.3 Å². The lowest BCUT2D eigenvalue weighted by Crippen LogP contribution is -2.28. The number of carbonyl (C=O) groups is 1. The van der Waals surface area contributed by atoms with E-state index in [0.29, 0.717) is 11.9 Å². The summed E-state index contributed by atoms with van der Waals surface area (Å²) in [6, 6.07) is 7.24. The topological polar surface area (TPSA) is 51.1 Å². The number of amides is 1. The van der Waals surface area contributed by atoms with Crippen LogP contribution in [0.5, 0.6) is 0 Å². The fourth-order valence-corrected chi connectivity index (χ4v) is 2.38. The number of nitrogens with one attached hydrogen (secondary N) is 1. The molecule has 21 heavy (non-hydrogen) atoms. The van der Waals surface area contributed by atoms with E-state index in [0.717, 1.165) is 30.3 Å². The molecule has 0 fully saturated rings. The molecule has 0 spiro atoms. The predicted molar refractivity (Wildman–Crippen MR) is 85.5 cm³/mol. The van der Waals surface area contributed by atoms with Gasteiger partial charge < -0.3 is 9.88 Å². The average molecular weight is 286 g/mol. The van der Waals surface area contributed by atoms with Crippen LogP contribution in [0.3, 0.4) is 0 Å². The van der Waals surface area contributed by atoms with Crippen LogP contribution in [0.2, 0.25) is 0 Å². The predicted octanol–water partition coefficient (Wildman–Crippen LogP) is 2.62. The molecule has 0 aliphatic carbocycles. The lowest BCUT2D eigenvalue weighted by atomic mass is 10.1. The summed E-state index contributed by atoms with van der Waals surface area (Å²) in [5.41, 5.74) is 1.84. The maximum Gasteiger partial charge on any atom is 0.239 e. The summed E-state index contributed by atoms with van der Waals surface area (Å²) >= 11 is 0. The number of unbranched alkanes of at least 4 members (excludes halogenated alkanes) is 2. The summed E-state index contributed by atoms with van der Waals surface area (Å²) in [6.07, 6.45) is 4.96. The first kappa shape index (κ1) is 15.3. The highest BCUT2D eigenvalue weighted by Gasteiger charge is 2.06. The maximum absolute atomic E-state index is 12.0. The second-order valence-electron chi connectivity index (χ2n) is 5.39. The van der Waals surface area contributed by atoms with E-state index in [9.17, 15) is 9.59 Å². The molecule has 0 aliphatic heterocycles. The summed E-state index contributed by atoms with van der Waals surface area (Å²) in [6.45, 7) is 5.04. The van der Waals surface area contributed by atoms with E-state index in [-0.39, 0.29) is 17.9 Å². The first-order valence-corrected chi connectivity index (χ1v) is 7.48. The van der Waals surface area contributed by atoms with Crippen molar-refractivity contribution in [3.05, 3.63) is 46.2 Å². The third-order valence-electron chi connectivity index (χ3n) is 3.55. The van der Waals surface area contributed by atoms with Crippen LogP contribution in [-0.4, -0.2) is 17.0 Å². The summed E-state index contributed by atoms with van der Waals surface area (Å²) in [7, 11) is 0. The Morgan fingerprint density at radius 3 is 2.81 bits per heavy atom. The van der Waals surface area contributed by atoms with Crippen molar-refractivity contribution in [2.24, 2.45) is 0 Å². The number of rotatable bonds is 6. The number of carbonyl (C=O) groups excluding carboxylic acids is 1. The van der Waals surface area contributed by atoms with Crippen LogP contribution >= 0.6 is 0 Å². The van der Waals surface area contributed by atoms with Gasteiger partial charge in [-0.1, -0.05) is 31.4 Å². The Hall–Kier alpha value is -2.10. The van der Waals surface area contributed by atoms with Crippen molar-refractivity contribution in [2.45, 2.75) is 39.7 Å². The van der Waals surface area contributed by atoms with Crippen molar-refractivity contribution < 1.29 is 4.79 Å².